The van der Waals surface area contributed by atoms with Gasteiger partial charge in [-0.05, 0) is 50.4 Å². The molecule has 0 aromatic rings. The summed E-state index contributed by atoms with van der Waals surface area (Å²) in [4.78, 5) is 21.2. The molecule has 8 nitrogen and oxygen atoms in total. The average molecular weight is 497 g/mol. The fourth-order valence-corrected chi connectivity index (χ4v) is 4.27. The van der Waals surface area contributed by atoms with E-state index in [-0.39, 0.29) is 37.7 Å². The van der Waals surface area contributed by atoms with E-state index in [1.807, 2.05) is 19.1 Å². The number of hydrogen-bond acceptors (Lipinski definition) is 7. The molecule has 3 rings (SSSR count). The van der Waals surface area contributed by atoms with Gasteiger partial charge in [-0.15, -0.1) is 0 Å². The van der Waals surface area contributed by atoms with Crippen molar-refractivity contribution in [3.05, 3.63) is 47.5 Å². The van der Waals surface area contributed by atoms with Crippen molar-refractivity contribution in [1.29, 1.82) is 0 Å². The Hall–Kier alpha value is -2.79. The highest BCUT2D eigenvalue weighted by atomic mass is 19.4. The summed E-state index contributed by atoms with van der Waals surface area (Å²) in [6.45, 7) is 9.45. The van der Waals surface area contributed by atoms with Gasteiger partial charge in [0.2, 0.25) is 12.3 Å². The Balaban J connectivity index is 1.71. The lowest BCUT2D eigenvalue weighted by Crippen LogP contribution is -2.41. The van der Waals surface area contributed by atoms with Crippen LogP contribution in [0.1, 0.15) is 39.0 Å². The molecule has 0 saturated carbocycles. The smallest absolute Gasteiger partial charge is 0.384 e. The number of amidine groups is 1. The second-order valence-corrected chi connectivity index (χ2v) is 8.97. The van der Waals surface area contributed by atoms with Crippen LogP contribution in [0.3, 0.4) is 0 Å². The highest BCUT2D eigenvalue weighted by Crippen LogP contribution is 2.22. The third-order valence-electron chi connectivity index (χ3n) is 5.84. The van der Waals surface area contributed by atoms with E-state index >= 15 is 0 Å². The van der Waals surface area contributed by atoms with Crippen LogP contribution in [0.15, 0.2) is 52.5 Å². The Morgan fingerprint density at radius 2 is 2.06 bits per heavy atom. The third kappa shape index (κ3) is 8.74. The summed E-state index contributed by atoms with van der Waals surface area (Å²) >= 11 is 0. The van der Waals surface area contributed by atoms with Crippen LogP contribution in [0, 0.1) is 0 Å². The van der Waals surface area contributed by atoms with Crippen molar-refractivity contribution in [2.24, 2.45) is 10.7 Å². The number of likely N-dealkylation sites (tertiary alicyclic amines) is 1. The summed E-state index contributed by atoms with van der Waals surface area (Å²) in [6, 6.07) is 0. The minimum Gasteiger partial charge on any atom is -0.384 e. The van der Waals surface area contributed by atoms with Gasteiger partial charge in [-0.25, -0.2) is 4.99 Å². The van der Waals surface area contributed by atoms with Crippen LogP contribution in [-0.2, 0) is 9.53 Å². The first-order valence-corrected chi connectivity index (χ1v) is 11.9. The number of nitrogens with zero attached hydrogens (tertiary/aromatic N) is 3. The molecule has 2 saturated heterocycles. The molecule has 0 aliphatic carbocycles. The predicted molar refractivity (Wildman–Crippen MR) is 129 cm³/mol. The lowest BCUT2D eigenvalue weighted by Gasteiger charge is -2.25. The number of carbonyl (C=O) groups is 1. The predicted octanol–water partition coefficient (Wildman–Crippen LogP) is 2.74. The van der Waals surface area contributed by atoms with Gasteiger partial charge in [-0.2, -0.15) is 13.2 Å². The summed E-state index contributed by atoms with van der Waals surface area (Å²) < 4.78 is 42.8. The quantitative estimate of drug-likeness (QED) is 0.318. The van der Waals surface area contributed by atoms with Crippen molar-refractivity contribution < 1.29 is 22.7 Å². The number of carbonyl (C=O) groups excluding carboxylic acids is 1. The van der Waals surface area contributed by atoms with Crippen molar-refractivity contribution in [2.45, 2.75) is 51.6 Å². The van der Waals surface area contributed by atoms with Gasteiger partial charge in [-0.1, -0.05) is 24.8 Å². The van der Waals surface area contributed by atoms with E-state index < -0.39 is 18.9 Å². The Labute approximate surface area is 204 Å². The van der Waals surface area contributed by atoms with Gasteiger partial charge in [0.25, 0.3) is 0 Å². The summed E-state index contributed by atoms with van der Waals surface area (Å²) in [7, 11) is 0. The Morgan fingerprint density at radius 1 is 1.31 bits per heavy atom. The van der Waals surface area contributed by atoms with Crippen LogP contribution in [-0.4, -0.2) is 73.4 Å². The van der Waals surface area contributed by atoms with E-state index in [4.69, 9.17) is 10.5 Å². The fourth-order valence-electron chi connectivity index (χ4n) is 4.27. The number of alkyl halides is 3. The summed E-state index contributed by atoms with van der Waals surface area (Å²) in [5, 5.41) is 5.62. The topological polar surface area (TPSA) is 95.2 Å². The maximum absolute atomic E-state index is 12.5. The molecule has 35 heavy (non-hydrogen) atoms. The van der Waals surface area contributed by atoms with Gasteiger partial charge < -0.3 is 26.0 Å². The highest BCUT2D eigenvalue weighted by Gasteiger charge is 2.29. The molecule has 0 spiro atoms. The van der Waals surface area contributed by atoms with Crippen molar-refractivity contribution >= 4 is 11.7 Å². The number of amides is 1. The number of rotatable bonds is 10. The van der Waals surface area contributed by atoms with Crippen molar-refractivity contribution in [3.63, 3.8) is 0 Å². The van der Waals surface area contributed by atoms with Gasteiger partial charge in [0.15, 0.2) is 0 Å². The molecule has 3 heterocycles. The summed E-state index contributed by atoms with van der Waals surface area (Å²) in [6.07, 6.45) is 2.46. The molecule has 0 aromatic carbocycles. The van der Waals surface area contributed by atoms with Crippen LogP contribution in [0.25, 0.3) is 0 Å². The first kappa shape index (κ1) is 26.8. The normalized spacial score (nSPS) is 22.1. The van der Waals surface area contributed by atoms with Crippen molar-refractivity contribution in [1.82, 2.24) is 20.4 Å². The fraction of sp³-hybridized carbons (Fsp3) is 0.583. The molecule has 11 heteroatoms. The Kier molecular flexibility index (Phi) is 9.39. The monoisotopic (exact) mass is 496 g/mol. The molecule has 3 aliphatic rings. The Morgan fingerprint density at radius 3 is 2.74 bits per heavy atom. The maximum atomic E-state index is 12.5. The van der Waals surface area contributed by atoms with Gasteiger partial charge in [-0.3, -0.25) is 9.69 Å². The zero-order chi connectivity index (χ0) is 25.4. The van der Waals surface area contributed by atoms with Crippen molar-refractivity contribution in [2.75, 3.05) is 39.3 Å². The van der Waals surface area contributed by atoms with Gasteiger partial charge in [0.05, 0.1) is 18.8 Å². The van der Waals surface area contributed by atoms with Crippen LogP contribution in [0.4, 0.5) is 13.2 Å². The Bertz CT molecular complexity index is 903. The van der Waals surface area contributed by atoms with Crippen LogP contribution in [0.2, 0.25) is 0 Å². The van der Waals surface area contributed by atoms with E-state index in [1.54, 1.807) is 4.90 Å². The van der Waals surface area contributed by atoms with Crippen LogP contribution < -0.4 is 16.4 Å². The lowest BCUT2D eigenvalue weighted by atomic mass is 10.1. The molecule has 0 radical (unpaired) electrons. The molecule has 1 unspecified atom stereocenters. The largest absolute Gasteiger partial charge is 0.389 e. The number of hydrogen-bond donors (Lipinski definition) is 3. The molecular formula is C24H35F3N6O2. The molecule has 194 valence electrons. The van der Waals surface area contributed by atoms with Gasteiger partial charge in [0, 0.05) is 25.9 Å². The number of ether oxygens (including phenoxy) is 1. The van der Waals surface area contributed by atoms with Crippen molar-refractivity contribution in [3.8, 4) is 0 Å². The standard InChI is InChI=1S/C24H35F3N6O2/c1-3-7-18(15-32-9-4-5-10-32)12-17(2)14-33-16-21(34)29-19-13-20(33)30-23(31-22(19)28)35-11-6-8-24(25,26)27/h3,7,12,23,31H,2,4-6,8-11,13-16,28H2,1H3,(H,29,34)/b7-3-,18-12+. The van der Waals surface area contributed by atoms with E-state index in [0.29, 0.717) is 18.1 Å². The second-order valence-electron chi connectivity index (χ2n) is 8.97. The molecule has 4 N–H and O–H groups in total. The number of halogens is 3. The minimum absolute atomic E-state index is 0.0499. The maximum Gasteiger partial charge on any atom is 0.389 e. The number of allylic oxidation sites excluding steroid dienone is 1. The second kappa shape index (κ2) is 12.3. The zero-order valence-corrected chi connectivity index (χ0v) is 20.2. The first-order valence-electron chi connectivity index (χ1n) is 11.9. The summed E-state index contributed by atoms with van der Waals surface area (Å²) in [5.41, 5.74) is 8.48. The van der Waals surface area contributed by atoms with E-state index in [2.05, 4.69) is 33.2 Å². The first-order chi connectivity index (χ1) is 16.6. The van der Waals surface area contributed by atoms with Gasteiger partial charge in [0.1, 0.15) is 11.7 Å². The zero-order valence-electron chi connectivity index (χ0n) is 20.2. The lowest BCUT2D eigenvalue weighted by molar-refractivity contribution is -0.139. The van der Waals surface area contributed by atoms with Gasteiger partial charge >= 0.3 is 6.18 Å². The SMILES string of the molecule is C=C(/C=C(\C=C/C)CN1CCCC1)CN1CC(=O)NC2=C(N)NC(OCCCC(F)(F)F)N=C1C2. The third-order valence-corrected chi connectivity index (χ3v) is 5.84. The molecule has 3 aliphatic heterocycles. The summed E-state index contributed by atoms with van der Waals surface area (Å²) in [5.74, 6) is 0.496. The molecule has 1 atom stereocenters. The average Bonchev–Trinajstić information content (AvgIpc) is 3.15. The number of fused-ring (bicyclic) bond motifs is 2. The number of nitrogens with one attached hydrogen (secondary N) is 2. The molecule has 1 amide bonds. The molecule has 2 bridgehead atoms. The van der Waals surface area contributed by atoms with E-state index in [1.165, 1.54) is 12.8 Å². The molecular weight excluding hydrogens is 461 g/mol. The molecule has 2 fully saturated rings. The van der Waals surface area contributed by atoms with E-state index in [9.17, 15) is 18.0 Å². The van der Waals surface area contributed by atoms with Crippen LogP contribution in [0.5, 0.6) is 0 Å². The number of aliphatic imine (C=N–C) groups is 1. The van der Waals surface area contributed by atoms with E-state index in [0.717, 1.165) is 30.8 Å². The minimum atomic E-state index is -4.24. The number of nitrogens with two attached hydrogens (primary N) is 1. The molecule has 0 aromatic heterocycles. The van der Waals surface area contributed by atoms with Crippen LogP contribution >= 0.6 is 0 Å². The highest BCUT2D eigenvalue weighted by molar-refractivity contribution is 5.93.